The van der Waals surface area contributed by atoms with E-state index < -0.39 is 23.7 Å². The molecule has 324 valence electrons. The Morgan fingerprint density at radius 1 is 0.531 bits per heavy atom. The number of amides is 6. The van der Waals surface area contributed by atoms with E-state index in [4.69, 9.17) is 11.5 Å². The number of hydrogen-bond acceptors (Lipinski definition) is 10. The van der Waals surface area contributed by atoms with Gasteiger partial charge in [0.15, 0.2) is 11.6 Å². The molecule has 6 amide bonds. The van der Waals surface area contributed by atoms with Gasteiger partial charge in [0.05, 0.1) is 16.7 Å². The Morgan fingerprint density at radius 2 is 0.969 bits per heavy atom. The van der Waals surface area contributed by atoms with Crippen LogP contribution in [0.25, 0.3) is 11.0 Å². The van der Waals surface area contributed by atoms with Gasteiger partial charge in [-0.25, -0.2) is 28.6 Å². The van der Waals surface area contributed by atoms with E-state index in [1.54, 1.807) is 79.1 Å². The zero-order chi connectivity index (χ0) is 45.2. The molecule has 0 atom stereocenters. The Hall–Kier alpha value is -9.01. The van der Waals surface area contributed by atoms with Gasteiger partial charge in [-0.1, -0.05) is 42.5 Å². The van der Waals surface area contributed by atoms with E-state index in [9.17, 15) is 32.3 Å². The van der Waals surface area contributed by atoms with Gasteiger partial charge in [0.25, 0.3) is 11.8 Å². The number of carbonyl (C=O) groups excluding carboxylic acids is 4. The highest BCUT2D eigenvalue weighted by Gasteiger charge is 2.30. The van der Waals surface area contributed by atoms with Crippen molar-refractivity contribution in [1.29, 1.82) is 0 Å². The Morgan fingerprint density at radius 3 is 1.42 bits per heavy atom. The molecule has 0 bridgehead atoms. The number of nitrogen functional groups attached to an aromatic ring is 2. The minimum Gasteiger partial charge on any atom is -0.382 e. The molecule has 4 aromatic heterocycles. The minimum absolute atomic E-state index is 0.117. The van der Waals surface area contributed by atoms with Gasteiger partial charge >= 0.3 is 18.2 Å². The summed E-state index contributed by atoms with van der Waals surface area (Å²) in [6.07, 6.45) is 1.41. The van der Waals surface area contributed by atoms with Crippen molar-refractivity contribution >= 4 is 69.3 Å². The zero-order valence-electron chi connectivity index (χ0n) is 33.3. The zero-order valence-corrected chi connectivity index (χ0v) is 33.3. The summed E-state index contributed by atoms with van der Waals surface area (Å²) in [5, 5.41) is 24.3. The van der Waals surface area contributed by atoms with Crippen LogP contribution < -0.4 is 43.4 Å². The summed E-state index contributed by atoms with van der Waals surface area (Å²) in [5.74, 6) is -0.343. The molecular formula is C43H37F3N14O4. The molecule has 0 saturated heterocycles. The van der Waals surface area contributed by atoms with Gasteiger partial charge in [0, 0.05) is 48.2 Å². The molecule has 4 heterocycles. The van der Waals surface area contributed by atoms with Crippen LogP contribution in [-0.4, -0.2) is 53.1 Å². The molecule has 4 aromatic carbocycles. The van der Waals surface area contributed by atoms with Crippen molar-refractivity contribution in [3.8, 4) is 0 Å². The number of benzene rings is 4. The van der Waals surface area contributed by atoms with E-state index in [1.165, 1.54) is 33.8 Å². The molecule has 0 unspecified atom stereocenters. The molecule has 8 rings (SSSR count). The van der Waals surface area contributed by atoms with Crippen LogP contribution in [0.15, 0.2) is 140 Å². The van der Waals surface area contributed by atoms with Crippen molar-refractivity contribution in [2.75, 3.05) is 32.7 Å². The number of halogens is 3. The molecule has 0 spiro atoms. The number of para-hydroxylation sites is 1. The predicted molar refractivity (Wildman–Crippen MR) is 233 cm³/mol. The molecule has 0 saturated carbocycles. The van der Waals surface area contributed by atoms with Crippen molar-refractivity contribution < 1.29 is 32.3 Å². The number of urea groups is 2. The number of rotatable bonds is 10. The molecule has 0 aliphatic rings. The van der Waals surface area contributed by atoms with Crippen molar-refractivity contribution in [1.82, 2.24) is 39.8 Å². The number of nitrogens with one attached hydrogen (secondary N) is 6. The van der Waals surface area contributed by atoms with Gasteiger partial charge in [-0.15, -0.1) is 0 Å². The topological polar surface area (TPSA) is 253 Å². The fourth-order valence-electron chi connectivity index (χ4n) is 6.22. The summed E-state index contributed by atoms with van der Waals surface area (Å²) in [6.45, 7) is 0.421. The maximum atomic E-state index is 12.7. The maximum Gasteiger partial charge on any atom is 0.416 e. The van der Waals surface area contributed by atoms with Crippen LogP contribution in [0.1, 0.15) is 37.4 Å². The first-order valence-electron chi connectivity index (χ1n) is 19.1. The molecule has 0 aliphatic heterocycles. The largest absolute Gasteiger partial charge is 0.416 e. The number of hydrogen-bond donors (Lipinski definition) is 8. The summed E-state index contributed by atoms with van der Waals surface area (Å²) >= 11 is 0. The Kier molecular flexibility index (Phi) is 12.9. The lowest BCUT2D eigenvalue weighted by Crippen LogP contribution is -2.28. The van der Waals surface area contributed by atoms with Crippen molar-refractivity contribution in [2.24, 2.45) is 0 Å². The molecule has 21 heteroatoms. The first kappa shape index (κ1) is 43.1. The molecule has 0 fully saturated rings. The number of nitrogens with two attached hydrogens (primary N) is 2. The average Bonchev–Trinajstić information content (AvgIpc) is 3.93. The second-order valence-electron chi connectivity index (χ2n) is 13.7. The molecule has 0 aliphatic carbocycles. The van der Waals surface area contributed by atoms with E-state index in [-0.39, 0.29) is 35.8 Å². The number of nitrogens with zero attached hydrogens (tertiary/aromatic N) is 6. The van der Waals surface area contributed by atoms with Crippen LogP contribution >= 0.6 is 0 Å². The summed E-state index contributed by atoms with van der Waals surface area (Å²) in [6, 6.07) is 29.6. The predicted octanol–water partition coefficient (Wildman–Crippen LogP) is 6.79. The fraction of sp³-hybridized carbons (Fsp3) is 0.0698. The Balaban J connectivity index is 0.000000193. The summed E-state index contributed by atoms with van der Waals surface area (Å²) in [5.41, 5.74) is 16.0. The minimum atomic E-state index is -4.45. The third kappa shape index (κ3) is 10.8. The molecule has 10 N–H and O–H groups in total. The summed E-state index contributed by atoms with van der Waals surface area (Å²) < 4.78 is 40.8. The molecular weight excluding hydrogens is 834 g/mol. The van der Waals surface area contributed by atoms with E-state index in [0.29, 0.717) is 51.3 Å². The van der Waals surface area contributed by atoms with Gasteiger partial charge in [-0.3, -0.25) is 9.59 Å². The van der Waals surface area contributed by atoms with Crippen molar-refractivity contribution in [3.63, 3.8) is 0 Å². The quantitative estimate of drug-likeness (QED) is 0.0714. The van der Waals surface area contributed by atoms with E-state index in [0.717, 1.165) is 17.7 Å². The van der Waals surface area contributed by atoms with Gasteiger partial charge in [0.2, 0.25) is 0 Å². The number of aromatic nitrogens is 6. The van der Waals surface area contributed by atoms with Gasteiger partial charge < -0.3 is 43.4 Å². The third-order valence-electron chi connectivity index (χ3n) is 9.23. The molecule has 0 radical (unpaired) electrons. The van der Waals surface area contributed by atoms with E-state index in [2.05, 4.69) is 52.1 Å². The number of carbonyl (C=O) groups is 4. The first-order chi connectivity index (χ1) is 30.8. The van der Waals surface area contributed by atoms with Crippen molar-refractivity contribution in [3.05, 3.63) is 168 Å². The van der Waals surface area contributed by atoms with Crippen molar-refractivity contribution in [2.45, 2.75) is 19.3 Å². The molecule has 18 nitrogen and oxygen atoms in total. The number of fused-ring (bicyclic) bond motifs is 2. The van der Waals surface area contributed by atoms with Crippen LogP contribution in [-0.2, 0) is 19.3 Å². The monoisotopic (exact) mass is 870 g/mol. The number of alkyl halides is 3. The highest BCUT2D eigenvalue weighted by Crippen LogP contribution is 2.30. The van der Waals surface area contributed by atoms with Crippen LogP contribution in [0.2, 0.25) is 0 Å². The van der Waals surface area contributed by atoms with Crippen LogP contribution in [0.5, 0.6) is 0 Å². The fourth-order valence-corrected chi connectivity index (χ4v) is 6.22. The molecule has 8 aromatic rings. The van der Waals surface area contributed by atoms with Gasteiger partial charge in [0.1, 0.15) is 23.7 Å². The highest BCUT2D eigenvalue weighted by atomic mass is 19.4. The van der Waals surface area contributed by atoms with Crippen LogP contribution in [0.3, 0.4) is 0 Å². The highest BCUT2D eigenvalue weighted by molar-refractivity contribution is 6.11. The standard InChI is InChI=1S/C22H18F3N7O2.C21H19N7O2/c23-22(24,25)14-4-6-15(7-5-14)31-21(34)27-11-13-2-1-3-16(10-13)30-20(33)17-8-9-32-18(17)19(26)28-12-29-32;22-19-18-17(9-10-28(18)25-13-24-19)20(29)26-16-8-4-5-14(11-16)12-23-21(30)27-15-6-2-1-3-7-15/h1-10,12H,11H2,(H,30,33)(H2,26,28,29)(H2,27,31,34);1-11,13H,12H2,(H,26,29)(H2,22,24,25)(H2,23,27,30). The SMILES string of the molecule is Nc1ncnn2ccc(C(=O)Nc3cccc(CNC(=O)Nc4ccc(C(F)(F)F)cc4)c3)c12.Nc1ncnn2ccc(C(=O)Nc3cccc(CNC(=O)Nc4ccccc4)c3)c12. The summed E-state index contributed by atoms with van der Waals surface area (Å²) in [4.78, 5) is 57.4. The first-order valence-corrected chi connectivity index (χ1v) is 19.1. The smallest absolute Gasteiger partial charge is 0.382 e. The Labute approximate surface area is 360 Å². The lowest BCUT2D eigenvalue weighted by atomic mass is 10.2. The average molecular weight is 871 g/mol. The second kappa shape index (κ2) is 19.1. The lowest BCUT2D eigenvalue weighted by Gasteiger charge is -2.11. The van der Waals surface area contributed by atoms with Gasteiger partial charge in [-0.2, -0.15) is 23.4 Å². The van der Waals surface area contributed by atoms with Gasteiger partial charge in [-0.05, 0) is 83.9 Å². The third-order valence-corrected chi connectivity index (χ3v) is 9.23. The molecule has 64 heavy (non-hydrogen) atoms. The van der Waals surface area contributed by atoms with Crippen LogP contribution in [0, 0.1) is 0 Å². The summed E-state index contributed by atoms with van der Waals surface area (Å²) in [7, 11) is 0. The van der Waals surface area contributed by atoms with E-state index >= 15 is 0 Å². The van der Waals surface area contributed by atoms with E-state index in [1.807, 2.05) is 24.3 Å². The van der Waals surface area contributed by atoms with Crippen LogP contribution in [0.4, 0.5) is 57.1 Å². The normalized spacial score (nSPS) is 10.9. The number of anilines is 6. The Bertz CT molecular complexity index is 2960. The lowest BCUT2D eigenvalue weighted by molar-refractivity contribution is -0.137. The maximum absolute atomic E-state index is 12.7. The second-order valence-corrected chi connectivity index (χ2v) is 13.7.